The van der Waals surface area contributed by atoms with E-state index in [1.54, 1.807) is 0 Å². The number of nitrogen functional groups attached to an aromatic ring is 2. The summed E-state index contributed by atoms with van der Waals surface area (Å²) in [4.78, 5) is 42.0. The maximum atomic E-state index is 12.8. The molecular formula is C36H37BrN6O2. The first kappa shape index (κ1) is 30.8. The molecule has 9 heteroatoms. The maximum absolute atomic E-state index is 12.8. The first-order chi connectivity index (χ1) is 21.7. The minimum atomic E-state index is 0.101. The molecule has 4 N–H and O–H groups in total. The lowest BCUT2D eigenvalue weighted by Crippen LogP contribution is -2.23. The Morgan fingerprint density at radius 3 is 1.78 bits per heavy atom. The molecule has 0 aliphatic heterocycles. The van der Waals surface area contributed by atoms with Gasteiger partial charge in [-0.1, -0.05) is 64.5 Å². The maximum Gasteiger partial charge on any atom is 0.220 e. The zero-order valence-electron chi connectivity index (χ0n) is 25.6. The minimum Gasteiger partial charge on any atom is -0.368 e. The average molecular weight is 666 g/mol. The minimum absolute atomic E-state index is 0.101. The molecule has 4 aromatic rings. The number of carbonyl (C=O) groups excluding carboxylic acids is 2. The van der Waals surface area contributed by atoms with Crippen molar-refractivity contribution in [1.29, 1.82) is 0 Å². The molecule has 2 aromatic heterocycles. The number of hydrogen-bond donors (Lipinski definition) is 2. The van der Waals surface area contributed by atoms with Gasteiger partial charge in [-0.2, -0.15) is 0 Å². The third-order valence-electron chi connectivity index (χ3n) is 9.05. The second kappa shape index (κ2) is 13.0. The Labute approximate surface area is 271 Å². The molecule has 2 aromatic carbocycles. The number of benzene rings is 2. The van der Waals surface area contributed by atoms with Gasteiger partial charge in [-0.15, -0.1) is 0 Å². The highest BCUT2D eigenvalue weighted by molar-refractivity contribution is 9.10. The van der Waals surface area contributed by atoms with Gasteiger partial charge >= 0.3 is 0 Å². The summed E-state index contributed by atoms with van der Waals surface area (Å²) in [5.74, 6) is 1.03. The van der Waals surface area contributed by atoms with Gasteiger partial charge in [0.2, 0.25) is 11.9 Å². The molecule has 8 nitrogen and oxygen atoms in total. The average Bonchev–Trinajstić information content (AvgIpc) is 3.01. The molecule has 0 amide bonds. The van der Waals surface area contributed by atoms with E-state index < -0.39 is 0 Å². The number of carbonyl (C=O) groups is 2. The number of nitrogens with two attached hydrogens (primary N) is 2. The van der Waals surface area contributed by atoms with Crippen LogP contribution in [0.25, 0.3) is 5.57 Å². The fourth-order valence-electron chi connectivity index (χ4n) is 7.07. The molecule has 0 saturated carbocycles. The Kier molecular flexibility index (Phi) is 8.90. The molecular weight excluding hydrogens is 628 g/mol. The molecule has 0 spiro atoms. The van der Waals surface area contributed by atoms with Crippen molar-refractivity contribution in [2.24, 2.45) is 0 Å². The van der Waals surface area contributed by atoms with Gasteiger partial charge in [-0.3, -0.25) is 9.59 Å². The summed E-state index contributed by atoms with van der Waals surface area (Å²) in [6, 6.07) is 16.5. The lowest BCUT2D eigenvalue weighted by molar-refractivity contribution is 0.0953. The smallest absolute Gasteiger partial charge is 0.220 e. The number of rotatable bonds is 3. The van der Waals surface area contributed by atoms with Gasteiger partial charge in [-0.05, 0) is 92.5 Å². The Hall–Kier alpha value is -4.24. The number of halogens is 1. The second-order valence-corrected chi connectivity index (χ2v) is 13.0. The van der Waals surface area contributed by atoms with E-state index in [9.17, 15) is 9.59 Å². The van der Waals surface area contributed by atoms with Crippen LogP contribution in [-0.2, 0) is 12.8 Å². The molecule has 230 valence electrons. The van der Waals surface area contributed by atoms with Crippen LogP contribution in [0.4, 0.5) is 11.9 Å². The van der Waals surface area contributed by atoms with Crippen LogP contribution < -0.4 is 11.5 Å². The van der Waals surface area contributed by atoms with Gasteiger partial charge in [0, 0.05) is 17.3 Å². The van der Waals surface area contributed by atoms with E-state index in [-0.39, 0.29) is 35.3 Å². The van der Waals surface area contributed by atoms with Gasteiger partial charge in [0.1, 0.15) is 0 Å². The van der Waals surface area contributed by atoms with E-state index >= 15 is 0 Å². The molecule has 0 saturated heterocycles. The summed E-state index contributed by atoms with van der Waals surface area (Å²) in [6.45, 7) is 3.66. The molecule has 2 unspecified atom stereocenters. The zero-order valence-corrected chi connectivity index (χ0v) is 27.2. The number of aryl methyl sites for hydroxylation is 2. The normalized spacial score (nSPS) is 19.1. The van der Waals surface area contributed by atoms with Crippen molar-refractivity contribution in [3.8, 4) is 0 Å². The van der Waals surface area contributed by atoms with Crippen molar-refractivity contribution >= 4 is 45.0 Å². The summed E-state index contributed by atoms with van der Waals surface area (Å²) in [5.41, 5.74) is 21.0. The number of allylic oxidation sites excluding steroid dienone is 2. The summed E-state index contributed by atoms with van der Waals surface area (Å²) < 4.78 is 1.03. The summed E-state index contributed by atoms with van der Waals surface area (Å²) in [7, 11) is 0. The van der Waals surface area contributed by atoms with E-state index in [2.05, 4.69) is 66.2 Å². The number of ketones is 2. The highest BCUT2D eigenvalue weighted by atomic mass is 79.9. The van der Waals surface area contributed by atoms with Crippen molar-refractivity contribution in [1.82, 2.24) is 19.9 Å². The number of fused-ring (bicyclic) bond motifs is 2. The monoisotopic (exact) mass is 664 g/mol. The van der Waals surface area contributed by atoms with Gasteiger partial charge in [-0.25, -0.2) is 19.9 Å². The number of aromatic nitrogens is 4. The molecule has 3 aliphatic carbocycles. The van der Waals surface area contributed by atoms with Crippen LogP contribution in [0.1, 0.15) is 111 Å². The van der Waals surface area contributed by atoms with Gasteiger partial charge in [0.25, 0.3) is 0 Å². The van der Waals surface area contributed by atoms with Crippen molar-refractivity contribution in [2.45, 2.75) is 77.0 Å². The molecule has 0 fully saturated rings. The van der Waals surface area contributed by atoms with Crippen molar-refractivity contribution in [3.05, 3.63) is 110 Å². The highest BCUT2D eigenvalue weighted by Gasteiger charge is 2.32. The van der Waals surface area contributed by atoms with Crippen molar-refractivity contribution in [2.75, 3.05) is 11.5 Å². The largest absolute Gasteiger partial charge is 0.368 e. The van der Waals surface area contributed by atoms with Gasteiger partial charge < -0.3 is 11.5 Å². The molecule has 0 bridgehead atoms. The molecule has 45 heavy (non-hydrogen) atoms. The van der Waals surface area contributed by atoms with Crippen molar-refractivity contribution < 1.29 is 9.59 Å². The van der Waals surface area contributed by atoms with Crippen LogP contribution in [0.15, 0.2) is 59.1 Å². The van der Waals surface area contributed by atoms with E-state index in [0.29, 0.717) is 35.4 Å². The van der Waals surface area contributed by atoms with Crippen LogP contribution in [0.5, 0.6) is 0 Å². The quantitative estimate of drug-likeness (QED) is 0.233. The first-order valence-corrected chi connectivity index (χ1v) is 16.3. The molecule has 0 radical (unpaired) electrons. The number of Topliss-reactive ketones (excluding diaryl/α,β-unsaturated/α-hetero) is 2. The fourth-order valence-corrected chi connectivity index (χ4v) is 7.68. The van der Waals surface area contributed by atoms with Crippen LogP contribution in [-0.4, -0.2) is 31.5 Å². The standard InChI is InChI=1S/C21H23N3O.C15H14BrN3O/c1-13-20-18(24-21(22)23-13)11-15(12-19(20)25)17-10-6-5-9-16(17)14-7-3-2-4-8-14;1-8-14-12(19-15(17)18-8)6-9(7-13(14)20)10-4-2-3-5-11(10)16/h5-7,9-10,15H,2-4,8,11-12H2,1H3,(H2,22,23,24);2-5,9H,6-7H2,1H3,(H2,17,18,19). The van der Waals surface area contributed by atoms with Crippen LogP contribution in [0.2, 0.25) is 0 Å². The van der Waals surface area contributed by atoms with Crippen LogP contribution in [0, 0.1) is 13.8 Å². The third kappa shape index (κ3) is 6.45. The molecule has 2 atom stereocenters. The predicted octanol–water partition coefficient (Wildman–Crippen LogP) is 7.28. The summed E-state index contributed by atoms with van der Waals surface area (Å²) >= 11 is 3.55. The van der Waals surface area contributed by atoms with E-state index in [1.165, 1.54) is 29.5 Å². The van der Waals surface area contributed by atoms with Crippen LogP contribution >= 0.6 is 15.9 Å². The molecule has 3 aliphatic rings. The van der Waals surface area contributed by atoms with Gasteiger partial charge in [0.05, 0.1) is 33.9 Å². The highest BCUT2D eigenvalue weighted by Crippen LogP contribution is 2.39. The fraction of sp³-hybridized carbons (Fsp3) is 0.333. The van der Waals surface area contributed by atoms with Crippen LogP contribution in [0.3, 0.4) is 0 Å². The Morgan fingerprint density at radius 2 is 1.22 bits per heavy atom. The number of hydrogen-bond acceptors (Lipinski definition) is 8. The zero-order chi connectivity index (χ0) is 31.7. The van der Waals surface area contributed by atoms with E-state index in [1.807, 2.05) is 38.1 Å². The third-order valence-corrected chi connectivity index (χ3v) is 9.77. The lowest BCUT2D eigenvalue weighted by atomic mass is 9.77. The second-order valence-electron chi connectivity index (χ2n) is 12.1. The number of anilines is 2. The lowest BCUT2D eigenvalue weighted by Gasteiger charge is -2.27. The van der Waals surface area contributed by atoms with E-state index in [4.69, 9.17) is 11.5 Å². The Balaban J connectivity index is 0.000000163. The molecule has 7 rings (SSSR count). The SMILES string of the molecule is Cc1nc(N)nc2c1C(=O)CC(c1ccccc1Br)C2.Cc1nc(N)nc2c1C(=O)CC(c1ccccc1C1=CCCCC1)C2. The molecule has 2 heterocycles. The predicted molar refractivity (Wildman–Crippen MR) is 180 cm³/mol. The van der Waals surface area contributed by atoms with Gasteiger partial charge in [0.15, 0.2) is 11.6 Å². The Morgan fingerprint density at radius 1 is 0.689 bits per heavy atom. The first-order valence-electron chi connectivity index (χ1n) is 15.5. The Bertz CT molecular complexity index is 1830. The summed E-state index contributed by atoms with van der Waals surface area (Å²) in [6.07, 6.45) is 9.64. The topological polar surface area (TPSA) is 138 Å². The summed E-state index contributed by atoms with van der Waals surface area (Å²) in [5, 5.41) is 0. The van der Waals surface area contributed by atoms with E-state index in [0.717, 1.165) is 47.1 Å². The van der Waals surface area contributed by atoms with Crippen molar-refractivity contribution in [3.63, 3.8) is 0 Å². The number of nitrogens with zero attached hydrogens (tertiary/aromatic N) is 4.